The molecule has 0 bridgehead atoms. The van der Waals surface area contributed by atoms with Crippen LogP contribution in [0, 0.1) is 0 Å². The summed E-state index contributed by atoms with van der Waals surface area (Å²) in [5, 5.41) is 49.4. The largest absolute Gasteiger partial charge is 0.392 e. The quantitative estimate of drug-likeness (QED) is 0.391. The van der Waals surface area contributed by atoms with Gasteiger partial charge in [-0.25, -0.2) is 0 Å². The summed E-state index contributed by atoms with van der Waals surface area (Å²) in [6.45, 7) is -0.874. The molecule has 7 nitrogen and oxygen atoms in total. The molecule has 1 unspecified atom stereocenters. The van der Waals surface area contributed by atoms with E-state index in [1.165, 1.54) is 6.20 Å². The Morgan fingerprint density at radius 1 is 1.26 bits per heavy atom. The molecule has 6 N–H and O–H groups in total. The van der Waals surface area contributed by atoms with Gasteiger partial charge in [-0.05, 0) is 22.0 Å². The zero-order chi connectivity index (χ0) is 17.0. The Balaban J connectivity index is 2.28. The fourth-order valence-electron chi connectivity index (χ4n) is 2.89. The van der Waals surface area contributed by atoms with Crippen molar-refractivity contribution >= 4 is 38.4 Å². The highest BCUT2D eigenvalue weighted by molar-refractivity contribution is 9.10. The van der Waals surface area contributed by atoms with E-state index >= 15 is 0 Å². The Labute approximate surface area is 144 Å². The molecule has 0 radical (unpaired) electrons. The van der Waals surface area contributed by atoms with Crippen LogP contribution in [0.5, 0.6) is 0 Å². The molecule has 23 heavy (non-hydrogen) atoms. The lowest BCUT2D eigenvalue weighted by atomic mass is 9.77. The third-order valence-electron chi connectivity index (χ3n) is 4.21. The number of aromatic nitrogens is 1. The van der Waals surface area contributed by atoms with Gasteiger partial charge in [-0.2, -0.15) is 0 Å². The van der Waals surface area contributed by atoms with Crippen molar-refractivity contribution in [3.8, 4) is 0 Å². The van der Waals surface area contributed by atoms with Crippen molar-refractivity contribution in [2.75, 3.05) is 6.61 Å². The molecule has 9 heteroatoms. The fourth-order valence-corrected chi connectivity index (χ4v) is 3.70. The molecule has 0 saturated carbocycles. The summed E-state index contributed by atoms with van der Waals surface area (Å²) in [5.41, 5.74) is -1.86. The minimum Gasteiger partial charge on any atom is -0.392 e. The average Bonchev–Trinajstić information content (AvgIpc) is 2.96. The third-order valence-corrected chi connectivity index (χ3v) is 6.04. The number of para-hydroxylation sites is 1. The topological polar surface area (TPSA) is 126 Å². The highest BCUT2D eigenvalue weighted by Crippen LogP contribution is 2.55. The van der Waals surface area contributed by atoms with Gasteiger partial charge >= 0.3 is 0 Å². The second-order valence-electron chi connectivity index (χ2n) is 5.48. The van der Waals surface area contributed by atoms with Crippen LogP contribution in [0.15, 0.2) is 30.5 Å². The van der Waals surface area contributed by atoms with E-state index in [1.54, 1.807) is 24.3 Å². The van der Waals surface area contributed by atoms with Gasteiger partial charge < -0.3 is 35.3 Å². The first-order valence-corrected chi connectivity index (χ1v) is 7.90. The molecule has 1 saturated heterocycles. The monoisotopic (exact) mass is 407 g/mol. The number of aromatic amines is 1. The Kier molecular flexibility index (Phi) is 4.02. The van der Waals surface area contributed by atoms with E-state index in [2.05, 4.69) is 20.9 Å². The first kappa shape index (κ1) is 17.1. The molecule has 5 atom stereocenters. The van der Waals surface area contributed by atoms with Crippen LogP contribution in [0.4, 0.5) is 0 Å². The van der Waals surface area contributed by atoms with Gasteiger partial charge in [0.1, 0.15) is 6.10 Å². The lowest BCUT2D eigenvalue weighted by Gasteiger charge is -2.54. The molecule has 2 aromatic rings. The molecular weight excluding hydrogens is 394 g/mol. The number of benzene rings is 1. The molecule has 1 aromatic carbocycles. The Bertz CT molecular complexity index is 739. The van der Waals surface area contributed by atoms with Crippen molar-refractivity contribution in [3.05, 3.63) is 36.0 Å². The van der Waals surface area contributed by atoms with Crippen molar-refractivity contribution in [1.29, 1.82) is 0 Å². The van der Waals surface area contributed by atoms with Crippen molar-refractivity contribution in [3.63, 3.8) is 0 Å². The maximum atomic E-state index is 11.1. The Hall–Kier alpha value is -0.710. The molecule has 1 aliphatic rings. The number of hydrogen-bond donors (Lipinski definition) is 6. The highest BCUT2D eigenvalue weighted by atomic mass is 79.9. The van der Waals surface area contributed by atoms with Gasteiger partial charge in [-0.3, -0.25) is 0 Å². The van der Waals surface area contributed by atoms with Crippen molar-refractivity contribution < 1.29 is 30.3 Å². The molecular formula is C14H15BrClNO6. The summed E-state index contributed by atoms with van der Waals surface area (Å²) in [4.78, 5) is 2.89. The second-order valence-corrected chi connectivity index (χ2v) is 7.30. The standard InChI is InChI=1S/C14H15BrClNO6/c15-12(6-18)14(16,22)13(21,10(19)11(20)23-12)8-5-17-9-4-2-1-3-7(8)9/h1-5,10-11,17-22H,6H2/t10-,11?,12+,13+,14-/m0/s1. The number of hydrogen-bond acceptors (Lipinski definition) is 6. The Morgan fingerprint density at radius 3 is 2.57 bits per heavy atom. The minimum atomic E-state index is -2.70. The van der Waals surface area contributed by atoms with Gasteiger partial charge in [-0.1, -0.05) is 29.8 Å². The van der Waals surface area contributed by atoms with E-state index in [4.69, 9.17) is 16.3 Å². The number of fused-ring (bicyclic) bond motifs is 1. The summed E-state index contributed by atoms with van der Waals surface area (Å²) in [7, 11) is 0. The minimum absolute atomic E-state index is 0.0534. The van der Waals surface area contributed by atoms with Gasteiger partial charge in [-0.15, -0.1) is 0 Å². The zero-order valence-electron chi connectivity index (χ0n) is 11.6. The number of aliphatic hydroxyl groups is 5. The van der Waals surface area contributed by atoms with Crippen LogP contribution in [0.2, 0.25) is 0 Å². The maximum absolute atomic E-state index is 11.1. The SMILES string of the molecule is OC[C@@]1(Br)OC(O)[C@H](O)[C@](O)(c2c[nH]c3ccccc23)[C@]1(O)Cl. The number of rotatable bonds is 2. The number of nitrogens with one attached hydrogen (secondary N) is 1. The van der Waals surface area contributed by atoms with Gasteiger partial charge in [0, 0.05) is 22.7 Å². The molecule has 0 amide bonds. The van der Waals surface area contributed by atoms with E-state index in [-0.39, 0.29) is 5.56 Å². The average molecular weight is 409 g/mol. The van der Waals surface area contributed by atoms with Gasteiger partial charge in [0.15, 0.2) is 16.4 Å². The molecule has 2 heterocycles. The van der Waals surface area contributed by atoms with Crippen LogP contribution < -0.4 is 0 Å². The van der Waals surface area contributed by atoms with E-state index in [9.17, 15) is 25.5 Å². The van der Waals surface area contributed by atoms with Crippen LogP contribution in [-0.4, -0.2) is 59.1 Å². The molecule has 1 aliphatic heterocycles. The Morgan fingerprint density at radius 2 is 1.91 bits per heavy atom. The predicted octanol–water partition coefficient (Wildman–Crippen LogP) is 0.0759. The summed E-state index contributed by atoms with van der Waals surface area (Å²) in [6, 6.07) is 6.84. The molecule has 126 valence electrons. The van der Waals surface area contributed by atoms with Crippen LogP contribution in [0.1, 0.15) is 5.56 Å². The fraction of sp³-hybridized carbons (Fsp3) is 0.429. The summed E-state index contributed by atoms with van der Waals surface area (Å²) in [6.07, 6.45) is -2.51. The molecule has 1 aromatic heterocycles. The third kappa shape index (κ3) is 2.11. The number of aliphatic hydroxyl groups excluding tert-OH is 3. The van der Waals surface area contributed by atoms with Crippen LogP contribution >= 0.6 is 27.5 Å². The van der Waals surface area contributed by atoms with Crippen LogP contribution in [-0.2, 0) is 10.3 Å². The van der Waals surface area contributed by atoms with E-state index in [1.807, 2.05) is 0 Å². The van der Waals surface area contributed by atoms with E-state index < -0.39 is 34.2 Å². The van der Waals surface area contributed by atoms with Crippen molar-refractivity contribution in [1.82, 2.24) is 4.98 Å². The smallest absolute Gasteiger partial charge is 0.216 e. The summed E-state index contributed by atoms with van der Waals surface area (Å²) >= 11 is 9.04. The van der Waals surface area contributed by atoms with Crippen molar-refractivity contribution in [2.45, 2.75) is 27.6 Å². The summed E-state index contributed by atoms with van der Waals surface area (Å²) in [5.74, 6) is 0. The van der Waals surface area contributed by atoms with Crippen LogP contribution in [0.3, 0.4) is 0 Å². The number of alkyl halides is 2. The van der Waals surface area contributed by atoms with Crippen molar-refractivity contribution in [2.24, 2.45) is 0 Å². The van der Waals surface area contributed by atoms with E-state index in [0.717, 1.165) is 0 Å². The first-order chi connectivity index (χ1) is 10.7. The summed E-state index contributed by atoms with van der Waals surface area (Å²) < 4.78 is 2.87. The maximum Gasteiger partial charge on any atom is 0.216 e. The second kappa shape index (κ2) is 5.40. The van der Waals surface area contributed by atoms with Gasteiger partial charge in [0.05, 0.1) is 6.61 Å². The lowest BCUT2D eigenvalue weighted by Crippen LogP contribution is -2.74. The number of H-pyrrole nitrogens is 1. The zero-order valence-corrected chi connectivity index (χ0v) is 14.0. The normalized spacial score (nSPS) is 41.3. The predicted molar refractivity (Wildman–Crippen MR) is 84.8 cm³/mol. The van der Waals surface area contributed by atoms with Crippen LogP contribution in [0.25, 0.3) is 10.9 Å². The molecule has 0 spiro atoms. The highest BCUT2D eigenvalue weighted by Gasteiger charge is 2.71. The first-order valence-electron chi connectivity index (χ1n) is 6.73. The molecule has 0 aliphatic carbocycles. The van der Waals surface area contributed by atoms with Gasteiger partial charge in [0.2, 0.25) is 5.06 Å². The molecule has 1 fully saturated rings. The van der Waals surface area contributed by atoms with E-state index in [0.29, 0.717) is 10.9 Å². The lowest BCUT2D eigenvalue weighted by molar-refractivity contribution is -0.348. The van der Waals surface area contributed by atoms with Gasteiger partial charge in [0.25, 0.3) is 0 Å². The molecule has 3 rings (SSSR count). The number of ether oxygens (including phenoxy) is 1. The number of halogens is 2.